The van der Waals surface area contributed by atoms with Crippen LogP contribution in [0.2, 0.25) is 0 Å². The number of hydrogen-bond donors (Lipinski definition) is 1. The number of amides is 1. The highest BCUT2D eigenvalue weighted by molar-refractivity contribution is 9.10. The fourth-order valence-electron chi connectivity index (χ4n) is 4.07. The number of hydrogen-bond acceptors (Lipinski definition) is 6. The second-order valence-electron chi connectivity index (χ2n) is 7.99. The maximum atomic E-state index is 12.8. The molecule has 0 radical (unpaired) electrons. The van der Waals surface area contributed by atoms with Gasteiger partial charge in [-0.2, -0.15) is 0 Å². The van der Waals surface area contributed by atoms with Crippen molar-refractivity contribution in [2.75, 3.05) is 54.2 Å². The minimum atomic E-state index is -0.651. The van der Waals surface area contributed by atoms with Gasteiger partial charge in [-0.05, 0) is 61.2 Å². The molecule has 3 rings (SSSR count). The van der Waals surface area contributed by atoms with Gasteiger partial charge in [-0.3, -0.25) is 9.69 Å². The molecule has 1 N–H and O–H groups in total. The van der Waals surface area contributed by atoms with Crippen LogP contribution in [0.25, 0.3) is 0 Å². The highest BCUT2D eigenvalue weighted by Gasteiger charge is 2.20. The van der Waals surface area contributed by atoms with Crippen molar-refractivity contribution in [2.45, 2.75) is 25.8 Å². The molecule has 1 aliphatic heterocycles. The third kappa shape index (κ3) is 6.54. The number of halogens is 2. The molecule has 0 saturated heterocycles. The molecule has 34 heavy (non-hydrogen) atoms. The van der Waals surface area contributed by atoms with Crippen LogP contribution in [0.1, 0.15) is 34.3 Å². The minimum absolute atomic E-state index is 0.143. The van der Waals surface area contributed by atoms with Gasteiger partial charge in [0, 0.05) is 24.1 Å². The molecule has 0 aromatic heterocycles. The lowest BCUT2D eigenvalue weighted by Crippen LogP contribution is -2.32. The molecule has 1 heterocycles. The van der Waals surface area contributed by atoms with Gasteiger partial charge in [0.15, 0.2) is 23.0 Å². The van der Waals surface area contributed by atoms with Crippen molar-refractivity contribution in [1.82, 2.24) is 10.2 Å². The number of fused-ring (bicyclic) bond motifs is 1. The zero-order valence-corrected chi connectivity index (χ0v) is 21.5. The van der Waals surface area contributed by atoms with Gasteiger partial charge in [0.25, 0.3) is 5.91 Å². The van der Waals surface area contributed by atoms with E-state index in [-0.39, 0.29) is 18.3 Å². The topological polar surface area (TPSA) is 69.3 Å². The highest BCUT2D eigenvalue weighted by atomic mass is 79.9. The lowest BCUT2D eigenvalue weighted by molar-refractivity contribution is 0.0947. The van der Waals surface area contributed by atoms with Crippen LogP contribution >= 0.6 is 15.9 Å². The van der Waals surface area contributed by atoms with Crippen LogP contribution in [0.15, 0.2) is 28.7 Å². The summed E-state index contributed by atoms with van der Waals surface area (Å²) in [6, 6.07) is 7.48. The number of unbranched alkanes of at least 4 members (excludes halogenated alkanes) is 1. The first-order chi connectivity index (χ1) is 16.5. The van der Waals surface area contributed by atoms with E-state index in [9.17, 15) is 9.18 Å². The number of alkyl halides is 1. The van der Waals surface area contributed by atoms with E-state index in [1.54, 1.807) is 26.4 Å². The molecule has 0 atom stereocenters. The van der Waals surface area contributed by atoms with Gasteiger partial charge in [0.2, 0.25) is 0 Å². The second kappa shape index (κ2) is 12.8. The quantitative estimate of drug-likeness (QED) is 0.404. The van der Waals surface area contributed by atoms with E-state index in [2.05, 4.69) is 38.3 Å². The van der Waals surface area contributed by atoms with E-state index in [4.69, 9.17) is 18.9 Å². The Labute approximate surface area is 208 Å². The molecule has 1 amide bonds. The van der Waals surface area contributed by atoms with Crippen molar-refractivity contribution >= 4 is 21.8 Å². The predicted octanol–water partition coefficient (Wildman–Crippen LogP) is 4.39. The molecular formula is C25H32BrFN2O5. The van der Waals surface area contributed by atoms with E-state index in [0.29, 0.717) is 22.3 Å². The first-order valence-electron chi connectivity index (χ1n) is 11.3. The summed E-state index contributed by atoms with van der Waals surface area (Å²) in [5.41, 5.74) is 2.88. The average molecular weight is 539 g/mol. The van der Waals surface area contributed by atoms with Crippen molar-refractivity contribution in [3.63, 3.8) is 0 Å². The van der Waals surface area contributed by atoms with Crippen LogP contribution in [0.5, 0.6) is 23.0 Å². The molecule has 9 heteroatoms. The smallest absolute Gasteiger partial charge is 0.255 e. The number of rotatable bonds is 12. The van der Waals surface area contributed by atoms with Crippen LogP contribution in [0.4, 0.5) is 4.39 Å². The molecule has 186 valence electrons. The van der Waals surface area contributed by atoms with Gasteiger partial charge < -0.3 is 24.3 Å². The molecular weight excluding hydrogens is 507 g/mol. The number of benzene rings is 2. The summed E-state index contributed by atoms with van der Waals surface area (Å²) >= 11 is 3.38. The van der Waals surface area contributed by atoms with Gasteiger partial charge >= 0.3 is 0 Å². The molecule has 2 aromatic carbocycles. The van der Waals surface area contributed by atoms with Crippen molar-refractivity contribution in [3.8, 4) is 23.0 Å². The van der Waals surface area contributed by atoms with Gasteiger partial charge in [0.05, 0.1) is 26.9 Å². The Hall–Kier alpha value is -2.52. The summed E-state index contributed by atoms with van der Waals surface area (Å²) in [7, 11) is 4.79. The first-order valence-corrected chi connectivity index (χ1v) is 12.1. The largest absolute Gasteiger partial charge is 0.493 e. The third-order valence-corrected chi connectivity index (χ3v) is 6.25. The van der Waals surface area contributed by atoms with Crippen LogP contribution in [0.3, 0.4) is 0 Å². The summed E-state index contributed by atoms with van der Waals surface area (Å²) < 4.78 is 34.9. The maximum Gasteiger partial charge on any atom is 0.255 e. The predicted molar refractivity (Wildman–Crippen MR) is 132 cm³/mol. The second-order valence-corrected chi connectivity index (χ2v) is 8.90. The Bertz CT molecular complexity index is 988. The number of carbonyl (C=O) groups is 1. The summed E-state index contributed by atoms with van der Waals surface area (Å²) in [6.45, 7) is 2.54. The summed E-state index contributed by atoms with van der Waals surface area (Å²) in [6.07, 6.45) is 2.77. The number of nitrogens with one attached hydrogen (secondary N) is 1. The number of carbonyl (C=O) groups excluding carboxylic acids is 1. The maximum absolute atomic E-state index is 12.8. The number of ether oxygens (including phenoxy) is 4. The number of nitrogens with zero attached hydrogens (tertiary/aromatic N) is 1. The Balaban J connectivity index is 1.49. The molecule has 0 fully saturated rings. The normalized spacial score (nSPS) is 13.2. The van der Waals surface area contributed by atoms with E-state index < -0.39 is 6.67 Å². The minimum Gasteiger partial charge on any atom is -0.493 e. The zero-order valence-electron chi connectivity index (χ0n) is 19.9. The van der Waals surface area contributed by atoms with Gasteiger partial charge in [0.1, 0.15) is 13.3 Å². The van der Waals surface area contributed by atoms with E-state index in [0.717, 1.165) is 50.4 Å². The SMILES string of the molecule is COc1cc2c(cc1OC)CN(CCCCNC(=O)c1cc(Br)cc(OC)c1OCCF)CC2. The molecule has 0 aliphatic carbocycles. The van der Waals surface area contributed by atoms with Crippen molar-refractivity contribution in [1.29, 1.82) is 0 Å². The van der Waals surface area contributed by atoms with Gasteiger partial charge in [-0.15, -0.1) is 0 Å². The fraction of sp³-hybridized carbons (Fsp3) is 0.480. The monoisotopic (exact) mass is 538 g/mol. The Morgan fingerprint density at radius 2 is 1.74 bits per heavy atom. The van der Waals surface area contributed by atoms with E-state index in [1.807, 2.05) is 0 Å². The van der Waals surface area contributed by atoms with Crippen LogP contribution in [-0.2, 0) is 13.0 Å². The van der Waals surface area contributed by atoms with Crippen molar-refractivity contribution in [2.24, 2.45) is 0 Å². The molecule has 1 aliphatic rings. The third-order valence-electron chi connectivity index (χ3n) is 5.79. The van der Waals surface area contributed by atoms with Crippen LogP contribution in [-0.4, -0.2) is 65.1 Å². The lowest BCUT2D eigenvalue weighted by Gasteiger charge is -2.29. The van der Waals surface area contributed by atoms with Gasteiger partial charge in [-0.1, -0.05) is 15.9 Å². The fourth-order valence-corrected chi connectivity index (χ4v) is 4.51. The Morgan fingerprint density at radius 1 is 1.03 bits per heavy atom. The van der Waals surface area contributed by atoms with E-state index >= 15 is 0 Å². The zero-order chi connectivity index (χ0) is 24.5. The standard InChI is InChI=1S/C25H32BrFN2O5/c1-31-21-12-17-6-10-29(16-18(17)13-22(21)32-2)9-5-4-8-28-25(30)20-14-19(26)15-23(33-3)24(20)34-11-7-27/h12-15H,4-11,16H2,1-3H3,(H,28,30). The van der Waals surface area contributed by atoms with Crippen LogP contribution in [0, 0.1) is 0 Å². The molecule has 7 nitrogen and oxygen atoms in total. The molecule has 0 spiro atoms. The van der Waals surface area contributed by atoms with Gasteiger partial charge in [-0.25, -0.2) is 4.39 Å². The molecule has 0 saturated carbocycles. The number of methoxy groups -OCH3 is 3. The van der Waals surface area contributed by atoms with Crippen molar-refractivity contribution < 1.29 is 28.1 Å². The first kappa shape index (κ1) is 26.1. The Kier molecular flexibility index (Phi) is 9.83. The average Bonchev–Trinajstić information content (AvgIpc) is 2.85. The van der Waals surface area contributed by atoms with Crippen LogP contribution < -0.4 is 24.3 Å². The molecule has 0 unspecified atom stereocenters. The summed E-state index contributed by atoms with van der Waals surface area (Å²) in [5, 5.41) is 2.94. The lowest BCUT2D eigenvalue weighted by atomic mass is 9.98. The Morgan fingerprint density at radius 3 is 2.41 bits per heavy atom. The summed E-state index contributed by atoms with van der Waals surface area (Å²) in [4.78, 5) is 15.2. The van der Waals surface area contributed by atoms with E-state index in [1.165, 1.54) is 18.2 Å². The molecule has 0 bridgehead atoms. The molecule has 2 aromatic rings. The van der Waals surface area contributed by atoms with Crippen molar-refractivity contribution in [3.05, 3.63) is 45.4 Å². The highest BCUT2D eigenvalue weighted by Crippen LogP contribution is 2.35. The summed E-state index contributed by atoms with van der Waals surface area (Å²) in [5.74, 6) is 1.88.